The number of carbonyl (C=O) groups excluding carboxylic acids is 2. The molecule has 1 aliphatic carbocycles. The molecule has 1 saturated heterocycles. The lowest BCUT2D eigenvalue weighted by molar-refractivity contribution is -0.151. The van der Waals surface area contributed by atoms with Crippen LogP contribution in [0.25, 0.3) is 21.5 Å². The molecule has 2 amide bonds. The van der Waals surface area contributed by atoms with E-state index in [-0.39, 0.29) is 51.7 Å². The Labute approximate surface area is 244 Å². The number of rotatable bonds is 6. The van der Waals surface area contributed by atoms with Crippen molar-refractivity contribution in [2.45, 2.75) is 49.6 Å². The first-order valence-electron chi connectivity index (χ1n) is 13.1. The summed E-state index contributed by atoms with van der Waals surface area (Å²) in [4.78, 5) is 42.9. The Bertz CT molecular complexity index is 1750. The third kappa shape index (κ3) is 5.47. The van der Waals surface area contributed by atoms with Crippen molar-refractivity contribution in [3.8, 4) is 10.7 Å². The number of nitrogens with zero attached hydrogens (tertiary/aromatic N) is 7. The molecule has 226 valence electrons. The summed E-state index contributed by atoms with van der Waals surface area (Å²) in [5.74, 6) is -1.33. The van der Waals surface area contributed by atoms with Crippen LogP contribution in [0.2, 0.25) is 0 Å². The van der Waals surface area contributed by atoms with Gasteiger partial charge in [-0.15, -0.1) is 10.2 Å². The van der Waals surface area contributed by atoms with Gasteiger partial charge in [-0.3, -0.25) is 14.4 Å². The first kappa shape index (κ1) is 29.9. The van der Waals surface area contributed by atoms with E-state index in [2.05, 4.69) is 20.0 Å². The lowest BCUT2D eigenvalue weighted by Crippen LogP contribution is -2.57. The van der Waals surface area contributed by atoms with Gasteiger partial charge in [-0.1, -0.05) is 11.3 Å². The summed E-state index contributed by atoms with van der Waals surface area (Å²) in [6.07, 6.45) is -1.54. The first-order chi connectivity index (χ1) is 19.6. The standard InChI is InChI=1S/C25H30F2N8O5S2/c1-13-12-34(8-9-35(13)24(38)23(37)32(3)4)16-11-14(42(39,40)31-25(2)6-7-25)10-15-17(16)22(36)33(5)30-18(15)20-28-29-21(41-20)19(26)27/h10-11,13,19,31H,6-9,12H2,1-5H3/t13-/m1/s1. The van der Waals surface area contributed by atoms with Gasteiger partial charge in [-0.05, 0) is 38.8 Å². The zero-order valence-corrected chi connectivity index (χ0v) is 25.2. The number of benzene rings is 1. The third-order valence-corrected chi connectivity index (χ3v) is 10.00. The molecular weight excluding hydrogens is 594 g/mol. The predicted molar refractivity (Wildman–Crippen MR) is 151 cm³/mol. The van der Waals surface area contributed by atoms with Crippen molar-refractivity contribution in [3.63, 3.8) is 0 Å². The van der Waals surface area contributed by atoms with Crippen molar-refractivity contribution in [2.75, 3.05) is 38.6 Å². The predicted octanol–water partition coefficient (Wildman–Crippen LogP) is 1.35. The van der Waals surface area contributed by atoms with E-state index in [0.29, 0.717) is 24.2 Å². The SMILES string of the molecule is C[C@@H]1CN(c2cc(S(=O)(=O)NC3(C)CC3)cc3c(-c4nnc(C(F)F)s4)nn(C)c(=O)c23)CCN1C(=O)C(=O)N(C)C. The molecule has 1 aliphatic heterocycles. The molecule has 2 aliphatic rings. The number of anilines is 1. The number of likely N-dealkylation sites (N-methyl/N-ethyl adjacent to an activating group) is 1. The van der Waals surface area contributed by atoms with Gasteiger partial charge in [0.2, 0.25) is 10.0 Å². The highest BCUT2D eigenvalue weighted by atomic mass is 32.2. The summed E-state index contributed by atoms with van der Waals surface area (Å²) >= 11 is 0.598. The van der Waals surface area contributed by atoms with Crippen molar-refractivity contribution in [1.82, 2.24) is 34.5 Å². The minimum Gasteiger partial charge on any atom is -0.367 e. The summed E-state index contributed by atoms with van der Waals surface area (Å²) < 4.78 is 57.6. The number of amides is 2. The number of sulfonamides is 1. The smallest absolute Gasteiger partial charge is 0.312 e. The highest BCUT2D eigenvalue weighted by Crippen LogP contribution is 2.39. The molecule has 0 radical (unpaired) electrons. The normalized spacial score (nSPS) is 18.5. The molecule has 5 rings (SSSR count). The van der Waals surface area contributed by atoms with E-state index in [1.54, 1.807) is 18.7 Å². The number of hydrogen-bond acceptors (Lipinski definition) is 10. The molecule has 0 unspecified atom stereocenters. The van der Waals surface area contributed by atoms with Crippen molar-refractivity contribution < 1.29 is 26.8 Å². The van der Waals surface area contributed by atoms with E-state index in [0.717, 1.165) is 4.68 Å². The number of nitrogens with one attached hydrogen (secondary N) is 1. The van der Waals surface area contributed by atoms with E-state index in [4.69, 9.17) is 0 Å². The molecule has 17 heteroatoms. The van der Waals surface area contributed by atoms with Crippen molar-refractivity contribution in [3.05, 3.63) is 27.5 Å². The van der Waals surface area contributed by atoms with Gasteiger partial charge in [-0.25, -0.2) is 26.6 Å². The van der Waals surface area contributed by atoms with Gasteiger partial charge < -0.3 is 14.7 Å². The molecule has 2 aromatic heterocycles. The van der Waals surface area contributed by atoms with E-state index >= 15 is 0 Å². The van der Waals surface area contributed by atoms with Crippen LogP contribution < -0.4 is 15.2 Å². The third-order valence-electron chi connectivity index (χ3n) is 7.44. The molecule has 3 aromatic rings. The molecule has 1 atom stereocenters. The van der Waals surface area contributed by atoms with Crippen LogP contribution in [0.3, 0.4) is 0 Å². The zero-order valence-electron chi connectivity index (χ0n) is 23.6. The number of halogens is 2. The molecule has 1 saturated carbocycles. The van der Waals surface area contributed by atoms with Crippen LogP contribution in [-0.2, 0) is 26.7 Å². The fraction of sp³-hybridized carbons (Fsp3) is 0.520. The monoisotopic (exact) mass is 624 g/mol. The van der Waals surface area contributed by atoms with Crippen molar-refractivity contribution in [1.29, 1.82) is 0 Å². The fourth-order valence-electron chi connectivity index (χ4n) is 4.87. The zero-order chi connectivity index (χ0) is 30.7. The van der Waals surface area contributed by atoms with Crippen molar-refractivity contribution >= 4 is 49.6 Å². The summed E-state index contributed by atoms with van der Waals surface area (Å²) in [7, 11) is 0.292. The highest BCUT2D eigenvalue weighted by Gasteiger charge is 2.42. The van der Waals surface area contributed by atoms with Gasteiger partial charge in [0.25, 0.3) is 12.0 Å². The number of alkyl halides is 2. The second-order valence-electron chi connectivity index (χ2n) is 11.0. The molecule has 1 aromatic carbocycles. The summed E-state index contributed by atoms with van der Waals surface area (Å²) in [5.41, 5.74) is -0.824. The van der Waals surface area contributed by atoms with E-state index in [1.807, 2.05) is 0 Å². The average molecular weight is 625 g/mol. The maximum Gasteiger partial charge on any atom is 0.312 e. The maximum absolute atomic E-state index is 13.6. The van der Waals surface area contributed by atoms with E-state index in [9.17, 15) is 31.6 Å². The summed E-state index contributed by atoms with van der Waals surface area (Å²) in [6.45, 7) is 4.06. The van der Waals surface area contributed by atoms with Gasteiger partial charge in [0.05, 0.1) is 16.0 Å². The molecule has 13 nitrogen and oxygen atoms in total. The Morgan fingerprint density at radius 1 is 1.19 bits per heavy atom. The van der Waals surface area contributed by atoms with Crippen LogP contribution in [0, 0.1) is 0 Å². The number of piperazine rings is 1. The minimum absolute atomic E-state index is 0.000469. The van der Waals surface area contributed by atoms with Gasteiger partial charge in [0.15, 0.2) is 10.0 Å². The number of aromatic nitrogens is 4. The number of aryl methyl sites for hydroxylation is 1. The number of hydrogen-bond donors (Lipinski definition) is 1. The Hall–Kier alpha value is -3.57. The second kappa shape index (κ2) is 10.6. The van der Waals surface area contributed by atoms with Crippen LogP contribution in [-0.4, -0.2) is 95.3 Å². The van der Waals surface area contributed by atoms with E-state index in [1.165, 1.54) is 43.1 Å². The Morgan fingerprint density at radius 2 is 1.88 bits per heavy atom. The molecule has 42 heavy (non-hydrogen) atoms. The van der Waals surface area contributed by atoms with Gasteiger partial charge in [0.1, 0.15) is 5.69 Å². The lowest BCUT2D eigenvalue weighted by Gasteiger charge is -2.41. The molecule has 0 spiro atoms. The summed E-state index contributed by atoms with van der Waals surface area (Å²) in [6, 6.07) is 2.25. The Balaban J connectivity index is 1.67. The van der Waals surface area contributed by atoms with Gasteiger partial charge >= 0.3 is 11.8 Å². The molecule has 1 N–H and O–H groups in total. The summed E-state index contributed by atoms with van der Waals surface area (Å²) in [5, 5.41) is 11.3. The van der Waals surface area contributed by atoms with Crippen LogP contribution >= 0.6 is 11.3 Å². The number of carbonyl (C=O) groups is 2. The fourth-order valence-corrected chi connectivity index (χ4v) is 7.08. The van der Waals surface area contributed by atoms with Gasteiger partial charge in [0, 0.05) is 57.7 Å². The van der Waals surface area contributed by atoms with Crippen LogP contribution in [0.1, 0.15) is 38.1 Å². The maximum atomic E-state index is 13.6. The van der Waals surface area contributed by atoms with Crippen LogP contribution in [0.15, 0.2) is 21.8 Å². The second-order valence-corrected chi connectivity index (χ2v) is 13.7. The Kier molecular flexibility index (Phi) is 7.55. The molecule has 2 fully saturated rings. The van der Waals surface area contributed by atoms with E-state index < -0.39 is 50.4 Å². The Morgan fingerprint density at radius 3 is 2.45 bits per heavy atom. The van der Waals surface area contributed by atoms with Crippen LogP contribution in [0.5, 0.6) is 0 Å². The topological polar surface area (TPSA) is 151 Å². The number of fused-ring (bicyclic) bond motifs is 1. The minimum atomic E-state index is -4.08. The van der Waals surface area contributed by atoms with Crippen molar-refractivity contribution in [2.24, 2.45) is 7.05 Å². The quantitative estimate of drug-likeness (QED) is 0.401. The largest absolute Gasteiger partial charge is 0.367 e. The first-order valence-corrected chi connectivity index (χ1v) is 15.4. The highest BCUT2D eigenvalue weighted by molar-refractivity contribution is 7.89. The lowest BCUT2D eigenvalue weighted by atomic mass is 10.1. The molecule has 0 bridgehead atoms. The van der Waals surface area contributed by atoms with Crippen LogP contribution in [0.4, 0.5) is 14.5 Å². The van der Waals surface area contributed by atoms with Gasteiger partial charge in [-0.2, -0.15) is 5.10 Å². The molecule has 3 heterocycles. The molecular formula is C25H30F2N8O5S2. The average Bonchev–Trinajstić information content (AvgIpc) is 3.42.